The average Bonchev–Trinajstić information content (AvgIpc) is 3.33. The number of nitrogens with zero attached hydrogens (tertiary/aromatic N) is 3. The fraction of sp³-hybridized carbons (Fsp3) is 0.391. The van der Waals surface area contributed by atoms with Gasteiger partial charge in [-0.05, 0) is 55.5 Å². The van der Waals surface area contributed by atoms with Gasteiger partial charge in [-0.25, -0.2) is 19.3 Å². The molecule has 3 N–H and O–H groups in total. The molecule has 0 radical (unpaired) electrons. The van der Waals surface area contributed by atoms with Gasteiger partial charge in [0.15, 0.2) is 0 Å². The Morgan fingerprint density at radius 1 is 1.16 bits per heavy atom. The predicted molar refractivity (Wildman–Crippen MR) is 122 cm³/mol. The number of rotatable bonds is 8. The van der Waals surface area contributed by atoms with E-state index >= 15 is 0 Å². The van der Waals surface area contributed by atoms with Gasteiger partial charge in [-0.2, -0.15) is 0 Å². The van der Waals surface area contributed by atoms with Gasteiger partial charge >= 0.3 is 0 Å². The number of nitrogens with one attached hydrogen (secondary N) is 2. The van der Waals surface area contributed by atoms with Crippen molar-refractivity contribution in [3.05, 3.63) is 53.3 Å². The second-order valence-corrected chi connectivity index (χ2v) is 8.90. The number of aliphatic hydroxyl groups excluding tert-OH is 1. The van der Waals surface area contributed by atoms with Crippen LogP contribution in [0.4, 0.5) is 16.0 Å². The molecule has 7 nitrogen and oxygen atoms in total. The summed E-state index contributed by atoms with van der Waals surface area (Å²) in [6.45, 7) is -0.259. The number of hydrogen-bond donors (Lipinski definition) is 3. The summed E-state index contributed by atoms with van der Waals surface area (Å²) in [5.74, 6) is 1.60. The number of amides is 1. The van der Waals surface area contributed by atoms with Crippen LogP contribution in [0.5, 0.6) is 0 Å². The highest BCUT2D eigenvalue weighted by Crippen LogP contribution is 2.39. The highest BCUT2D eigenvalue weighted by atomic mass is 32.1. The number of hydrogen-bond acceptors (Lipinski definition) is 7. The normalized spacial score (nSPS) is 18.3. The average molecular weight is 456 g/mol. The molecule has 0 saturated heterocycles. The summed E-state index contributed by atoms with van der Waals surface area (Å²) in [6, 6.07) is 9.01. The fourth-order valence-corrected chi connectivity index (χ4v) is 4.98. The third-order valence-corrected chi connectivity index (χ3v) is 6.80. The van der Waals surface area contributed by atoms with Crippen molar-refractivity contribution < 1.29 is 14.3 Å². The van der Waals surface area contributed by atoms with E-state index in [4.69, 9.17) is 5.11 Å². The van der Waals surface area contributed by atoms with Gasteiger partial charge in [-0.3, -0.25) is 4.79 Å². The minimum absolute atomic E-state index is 0.0196. The number of carbonyl (C=O) groups is 1. The molecular formula is C23H26FN5O2S. The van der Waals surface area contributed by atoms with Crippen LogP contribution in [0.3, 0.4) is 0 Å². The molecule has 1 amide bonds. The smallest absolute Gasteiger partial charge is 0.223 e. The topological polar surface area (TPSA) is 100 Å². The quantitative estimate of drug-likeness (QED) is 0.471. The van der Waals surface area contributed by atoms with E-state index < -0.39 is 6.67 Å². The molecule has 0 unspecified atom stereocenters. The number of anilines is 2. The Balaban J connectivity index is 1.39. The van der Waals surface area contributed by atoms with Crippen LogP contribution in [-0.2, 0) is 11.5 Å². The standard InChI is InChI=1S/C23H26FN5O2S/c24-13-15-8-9-25-21(12-15)29-20-3-1-2-18(28-20)19-14-27-23(32-19)17-6-4-16(5-7-17)22(31)26-10-11-30/h1-3,8-9,12,14,16-17,30H,4-7,10-11,13H2,(H,26,31)(H,25,28,29). The Morgan fingerprint density at radius 2 is 2.00 bits per heavy atom. The Kier molecular flexibility index (Phi) is 7.39. The van der Waals surface area contributed by atoms with Crippen molar-refractivity contribution in [1.29, 1.82) is 0 Å². The zero-order chi connectivity index (χ0) is 22.3. The zero-order valence-electron chi connectivity index (χ0n) is 17.6. The molecule has 1 saturated carbocycles. The van der Waals surface area contributed by atoms with Crippen LogP contribution in [0.1, 0.15) is 42.2 Å². The van der Waals surface area contributed by atoms with Crippen LogP contribution < -0.4 is 10.6 Å². The maximum absolute atomic E-state index is 12.9. The summed E-state index contributed by atoms with van der Waals surface area (Å²) in [5.41, 5.74) is 1.38. The Labute approximate surface area is 190 Å². The summed E-state index contributed by atoms with van der Waals surface area (Å²) in [7, 11) is 0. The van der Waals surface area contributed by atoms with E-state index in [1.165, 1.54) is 0 Å². The monoisotopic (exact) mass is 455 g/mol. The van der Waals surface area contributed by atoms with Crippen LogP contribution in [0.2, 0.25) is 0 Å². The lowest BCUT2D eigenvalue weighted by Gasteiger charge is -2.26. The minimum Gasteiger partial charge on any atom is -0.395 e. The molecule has 3 aromatic rings. The van der Waals surface area contributed by atoms with Crippen LogP contribution in [0.25, 0.3) is 10.6 Å². The third kappa shape index (κ3) is 5.46. The van der Waals surface area contributed by atoms with Crippen LogP contribution >= 0.6 is 11.3 Å². The van der Waals surface area contributed by atoms with Crippen molar-refractivity contribution >= 4 is 28.9 Å². The van der Waals surface area contributed by atoms with Gasteiger partial charge in [0.2, 0.25) is 5.91 Å². The molecular weight excluding hydrogens is 429 g/mol. The lowest BCUT2D eigenvalue weighted by Crippen LogP contribution is -2.34. The second kappa shape index (κ2) is 10.6. The molecule has 32 heavy (non-hydrogen) atoms. The molecule has 9 heteroatoms. The van der Waals surface area contributed by atoms with E-state index in [1.54, 1.807) is 29.7 Å². The van der Waals surface area contributed by atoms with Gasteiger partial charge in [0, 0.05) is 30.8 Å². The molecule has 0 atom stereocenters. The number of halogens is 1. The van der Waals surface area contributed by atoms with Crippen LogP contribution in [0.15, 0.2) is 42.7 Å². The maximum atomic E-state index is 12.9. The number of pyridine rings is 2. The van der Waals surface area contributed by atoms with E-state index in [1.807, 2.05) is 24.4 Å². The largest absolute Gasteiger partial charge is 0.395 e. The first-order valence-corrected chi connectivity index (χ1v) is 11.6. The third-order valence-electron chi connectivity index (χ3n) is 5.62. The zero-order valence-corrected chi connectivity index (χ0v) is 18.4. The SMILES string of the molecule is O=C(NCCO)C1CCC(c2ncc(-c3cccc(Nc4cc(CF)ccn4)n3)s2)CC1. The predicted octanol–water partition coefficient (Wildman–Crippen LogP) is 4.20. The minimum atomic E-state index is -0.538. The van der Waals surface area contributed by atoms with Crippen molar-refractivity contribution in [3.63, 3.8) is 0 Å². The van der Waals surface area contributed by atoms with Crippen molar-refractivity contribution in [3.8, 4) is 10.6 Å². The van der Waals surface area contributed by atoms with Gasteiger partial charge in [-0.1, -0.05) is 6.07 Å². The first-order chi connectivity index (χ1) is 15.7. The lowest BCUT2D eigenvalue weighted by molar-refractivity contribution is -0.126. The fourth-order valence-electron chi connectivity index (χ4n) is 3.92. The van der Waals surface area contributed by atoms with Crippen LogP contribution in [0, 0.1) is 5.92 Å². The highest BCUT2D eigenvalue weighted by molar-refractivity contribution is 7.15. The summed E-state index contributed by atoms with van der Waals surface area (Å²) >= 11 is 1.64. The molecule has 0 bridgehead atoms. The molecule has 0 aromatic carbocycles. The Bertz CT molecular complexity index is 1050. The molecule has 3 heterocycles. The molecule has 1 aliphatic carbocycles. The molecule has 1 fully saturated rings. The molecule has 4 rings (SSSR count). The highest BCUT2D eigenvalue weighted by Gasteiger charge is 2.28. The maximum Gasteiger partial charge on any atom is 0.223 e. The first kappa shape index (κ1) is 22.3. The van der Waals surface area contributed by atoms with E-state index in [9.17, 15) is 9.18 Å². The first-order valence-electron chi connectivity index (χ1n) is 10.8. The second-order valence-electron chi connectivity index (χ2n) is 7.84. The van der Waals surface area contributed by atoms with E-state index in [0.29, 0.717) is 29.7 Å². The van der Waals surface area contributed by atoms with Crippen molar-refractivity contribution in [1.82, 2.24) is 20.3 Å². The van der Waals surface area contributed by atoms with Gasteiger partial charge in [0.25, 0.3) is 0 Å². The number of aromatic nitrogens is 3. The molecule has 1 aliphatic rings. The van der Waals surface area contributed by atoms with Gasteiger partial charge in [-0.15, -0.1) is 11.3 Å². The van der Waals surface area contributed by atoms with Gasteiger partial charge in [0.05, 0.1) is 22.2 Å². The summed E-state index contributed by atoms with van der Waals surface area (Å²) in [4.78, 5) is 26.6. The van der Waals surface area contributed by atoms with Crippen molar-refractivity contribution in [2.24, 2.45) is 5.92 Å². The Morgan fingerprint density at radius 3 is 2.78 bits per heavy atom. The molecule has 0 spiro atoms. The number of alkyl halides is 1. The summed E-state index contributed by atoms with van der Waals surface area (Å²) in [5, 5.41) is 15.8. The molecule has 3 aromatic heterocycles. The van der Waals surface area contributed by atoms with E-state index in [0.717, 1.165) is 41.3 Å². The lowest BCUT2D eigenvalue weighted by atomic mass is 9.82. The molecule has 0 aliphatic heterocycles. The summed E-state index contributed by atoms with van der Waals surface area (Å²) in [6.07, 6.45) is 6.94. The van der Waals surface area contributed by atoms with Gasteiger partial charge in [0.1, 0.15) is 18.3 Å². The summed E-state index contributed by atoms with van der Waals surface area (Å²) < 4.78 is 12.9. The number of carbonyl (C=O) groups excluding carboxylic acids is 1. The number of aliphatic hydroxyl groups is 1. The van der Waals surface area contributed by atoms with Gasteiger partial charge < -0.3 is 15.7 Å². The number of thiazole rings is 1. The molecule has 168 valence electrons. The van der Waals surface area contributed by atoms with Crippen molar-refractivity contribution in [2.45, 2.75) is 38.3 Å². The van der Waals surface area contributed by atoms with Crippen molar-refractivity contribution in [2.75, 3.05) is 18.5 Å². The van der Waals surface area contributed by atoms with Crippen LogP contribution in [-0.4, -0.2) is 39.1 Å². The van der Waals surface area contributed by atoms with E-state index in [2.05, 4.69) is 25.6 Å². The Hall–Kier alpha value is -2.91. The van der Waals surface area contributed by atoms with E-state index in [-0.39, 0.29) is 18.4 Å².